The molecule has 0 aromatic rings. The molecule has 3 aliphatic carbocycles. The van der Waals surface area contributed by atoms with Crippen LogP contribution in [0.5, 0.6) is 0 Å². The number of carbonyl (C=O) groups is 1. The first kappa shape index (κ1) is 24.0. The van der Waals surface area contributed by atoms with Crippen LogP contribution < -0.4 is 16.4 Å². The molecule has 4 aliphatic rings. The lowest BCUT2D eigenvalue weighted by Gasteiger charge is -2.64. The van der Waals surface area contributed by atoms with Crippen LogP contribution in [0, 0.1) is 23.2 Å². The first-order chi connectivity index (χ1) is 14.0. The monoisotopic (exact) mass is 421 g/mol. The normalized spacial score (nSPS) is 33.9. The summed E-state index contributed by atoms with van der Waals surface area (Å²) < 4.78 is 13.2. The average molecular weight is 421 g/mol. The van der Waals surface area contributed by atoms with E-state index in [9.17, 15) is 4.79 Å². The topological polar surface area (TPSA) is 85.6 Å². The van der Waals surface area contributed by atoms with Crippen LogP contribution in [0.25, 0.3) is 0 Å². The van der Waals surface area contributed by atoms with Gasteiger partial charge in [0, 0.05) is 6.04 Å². The summed E-state index contributed by atoms with van der Waals surface area (Å²) >= 11 is 0. The molecule has 6 atom stereocenters. The Bertz CT molecular complexity index is 615. The number of carbonyl (C=O) groups excluding carboxylic acids is 1. The highest BCUT2D eigenvalue weighted by atomic mass is 16.7. The number of nitrogens with one attached hydrogen (secondary N) is 2. The molecule has 0 aromatic carbocycles. The summed E-state index contributed by atoms with van der Waals surface area (Å²) in [7, 11) is -0.379. The van der Waals surface area contributed by atoms with Gasteiger partial charge in [0.25, 0.3) is 0 Å². The highest BCUT2D eigenvalue weighted by Crippen LogP contribution is 2.65. The zero-order valence-corrected chi connectivity index (χ0v) is 20.2. The molecule has 6 nitrogen and oxygen atoms in total. The van der Waals surface area contributed by atoms with Gasteiger partial charge in [-0.25, -0.2) is 0 Å². The van der Waals surface area contributed by atoms with Crippen LogP contribution in [0.15, 0.2) is 0 Å². The zero-order chi connectivity index (χ0) is 22.3. The second-order valence-electron chi connectivity index (χ2n) is 11.4. The summed E-state index contributed by atoms with van der Waals surface area (Å²) in [5, 5.41) is 6.68. The van der Waals surface area contributed by atoms with E-state index in [-0.39, 0.29) is 42.8 Å². The van der Waals surface area contributed by atoms with Crippen molar-refractivity contribution in [2.24, 2.45) is 28.9 Å². The number of hydrogen-bond acceptors (Lipinski definition) is 5. The molecule has 30 heavy (non-hydrogen) atoms. The molecule has 7 heteroatoms. The quantitative estimate of drug-likeness (QED) is 0.473. The molecule has 1 saturated heterocycles. The van der Waals surface area contributed by atoms with Gasteiger partial charge in [-0.2, -0.15) is 0 Å². The molecule has 0 spiro atoms. The number of hydrogen-bond donors (Lipinski definition) is 3. The van der Waals surface area contributed by atoms with Gasteiger partial charge in [-0.15, -0.1) is 0 Å². The minimum absolute atomic E-state index is 0.0275. The molecule has 3 saturated carbocycles. The predicted octanol–water partition coefficient (Wildman–Crippen LogP) is 2.89. The molecule has 1 aliphatic heterocycles. The molecule has 4 rings (SSSR count). The van der Waals surface area contributed by atoms with Gasteiger partial charge in [-0.1, -0.05) is 41.5 Å². The fraction of sp³-hybridized carbons (Fsp3) is 0.957. The molecule has 0 aromatic heterocycles. The van der Waals surface area contributed by atoms with Crippen molar-refractivity contribution in [1.82, 2.24) is 10.6 Å². The summed E-state index contributed by atoms with van der Waals surface area (Å²) in [5.41, 5.74) is 5.76. The summed E-state index contributed by atoms with van der Waals surface area (Å²) in [5.74, 6) is 1.56. The highest BCUT2D eigenvalue weighted by molar-refractivity contribution is 6.47. The summed E-state index contributed by atoms with van der Waals surface area (Å²) in [6, 6.07) is -0.00825. The maximum atomic E-state index is 13.2. The van der Waals surface area contributed by atoms with E-state index in [0.29, 0.717) is 23.8 Å². The van der Waals surface area contributed by atoms with Crippen LogP contribution in [-0.4, -0.2) is 49.3 Å². The van der Waals surface area contributed by atoms with Crippen molar-refractivity contribution in [3.05, 3.63) is 0 Å². The van der Waals surface area contributed by atoms with Gasteiger partial charge in [0.1, 0.15) is 0 Å². The van der Waals surface area contributed by atoms with Crippen molar-refractivity contribution in [1.29, 1.82) is 0 Å². The zero-order valence-electron chi connectivity index (χ0n) is 20.2. The van der Waals surface area contributed by atoms with Gasteiger partial charge in [-0.3, -0.25) is 4.79 Å². The lowest BCUT2D eigenvalue weighted by Crippen LogP contribution is -2.65. The Morgan fingerprint density at radius 3 is 2.47 bits per heavy atom. The number of rotatable bonds is 10. The van der Waals surface area contributed by atoms with Crippen LogP contribution >= 0.6 is 0 Å². The first-order valence-electron chi connectivity index (χ1n) is 12.1. The third-order valence-corrected chi connectivity index (χ3v) is 7.90. The SMILES string of the molecule is CC(C)CC(NC(=O)C(CCCN)NC(C)C)B1OC2CC3CC(C3(C)C)C2(C)O1. The van der Waals surface area contributed by atoms with Gasteiger partial charge in [-0.05, 0) is 68.7 Å². The summed E-state index contributed by atoms with van der Waals surface area (Å²) in [6.07, 6.45) is 4.82. The molecule has 0 radical (unpaired) electrons. The Morgan fingerprint density at radius 2 is 1.90 bits per heavy atom. The van der Waals surface area contributed by atoms with Gasteiger partial charge in [0.2, 0.25) is 5.91 Å². The maximum Gasteiger partial charge on any atom is 0.481 e. The molecule has 172 valence electrons. The average Bonchev–Trinajstić information content (AvgIpc) is 3.00. The Hall–Kier alpha value is -0.625. The summed E-state index contributed by atoms with van der Waals surface area (Å²) in [4.78, 5) is 13.2. The van der Waals surface area contributed by atoms with Gasteiger partial charge in [0.15, 0.2) is 0 Å². The van der Waals surface area contributed by atoms with E-state index >= 15 is 0 Å². The van der Waals surface area contributed by atoms with E-state index in [4.69, 9.17) is 15.0 Å². The molecule has 1 heterocycles. The van der Waals surface area contributed by atoms with E-state index in [1.165, 1.54) is 6.42 Å². The van der Waals surface area contributed by atoms with Crippen molar-refractivity contribution in [3.8, 4) is 0 Å². The fourth-order valence-corrected chi connectivity index (χ4v) is 6.11. The first-order valence-corrected chi connectivity index (χ1v) is 12.1. The molecular formula is C23H44BN3O3. The van der Waals surface area contributed by atoms with E-state index in [1.807, 2.05) is 0 Å². The Labute approximate surface area is 183 Å². The minimum atomic E-state index is -0.379. The highest BCUT2D eigenvalue weighted by Gasteiger charge is 2.68. The lowest BCUT2D eigenvalue weighted by atomic mass is 9.43. The Morgan fingerprint density at radius 1 is 1.20 bits per heavy atom. The van der Waals surface area contributed by atoms with E-state index in [0.717, 1.165) is 31.6 Å². The third kappa shape index (κ3) is 4.60. The van der Waals surface area contributed by atoms with Crippen molar-refractivity contribution in [2.45, 2.75) is 110 Å². The Kier molecular flexibility index (Phi) is 7.28. The number of amides is 1. The molecule has 6 unspecified atom stereocenters. The van der Waals surface area contributed by atoms with Crippen LogP contribution in [0.4, 0.5) is 0 Å². The Balaban J connectivity index is 1.71. The van der Waals surface area contributed by atoms with Crippen LogP contribution in [0.3, 0.4) is 0 Å². The smallest absolute Gasteiger partial charge is 0.404 e. The molecule has 1 amide bonds. The van der Waals surface area contributed by atoms with E-state index in [1.54, 1.807) is 0 Å². The second-order valence-corrected chi connectivity index (χ2v) is 11.4. The summed E-state index contributed by atoms with van der Waals surface area (Å²) in [6.45, 7) is 16.1. The predicted molar refractivity (Wildman–Crippen MR) is 122 cm³/mol. The van der Waals surface area contributed by atoms with Gasteiger partial charge < -0.3 is 25.7 Å². The molecule has 4 fully saturated rings. The van der Waals surface area contributed by atoms with Crippen LogP contribution in [0.1, 0.15) is 80.6 Å². The third-order valence-electron chi connectivity index (χ3n) is 7.90. The molecular weight excluding hydrogens is 377 g/mol. The van der Waals surface area contributed by atoms with Gasteiger partial charge in [0.05, 0.1) is 23.7 Å². The van der Waals surface area contributed by atoms with Crippen LogP contribution in [-0.2, 0) is 14.1 Å². The van der Waals surface area contributed by atoms with Crippen molar-refractivity contribution in [3.63, 3.8) is 0 Å². The van der Waals surface area contributed by atoms with Gasteiger partial charge >= 0.3 is 7.12 Å². The van der Waals surface area contributed by atoms with Crippen LogP contribution in [0.2, 0.25) is 0 Å². The van der Waals surface area contributed by atoms with Crippen molar-refractivity contribution < 1.29 is 14.1 Å². The second kappa shape index (κ2) is 9.09. The van der Waals surface area contributed by atoms with E-state index in [2.05, 4.69) is 59.1 Å². The minimum Gasteiger partial charge on any atom is -0.404 e. The van der Waals surface area contributed by atoms with E-state index < -0.39 is 0 Å². The standard InChI is InChI=1S/C23H44BN3O3/c1-14(2)11-20(27-21(28)17(9-8-10-25)26-15(3)4)24-29-19-13-16-12-18(22(16,5)6)23(19,7)30-24/h14-20,26H,8-13,25H2,1-7H3,(H,27,28). The molecule has 4 N–H and O–H groups in total. The van der Waals surface area contributed by atoms with Crippen molar-refractivity contribution >= 4 is 13.0 Å². The number of nitrogens with two attached hydrogens (primary N) is 1. The van der Waals surface area contributed by atoms with Crippen molar-refractivity contribution in [2.75, 3.05) is 6.54 Å². The largest absolute Gasteiger partial charge is 0.481 e. The molecule has 2 bridgehead atoms. The lowest BCUT2D eigenvalue weighted by molar-refractivity contribution is -0.199. The maximum absolute atomic E-state index is 13.2. The fourth-order valence-electron chi connectivity index (χ4n) is 6.11.